The molecule has 1 saturated heterocycles. The third-order valence-electron chi connectivity index (χ3n) is 4.57. The van der Waals surface area contributed by atoms with E-state index in [1.807, 2.05) is 26.0 Å². The van der Waals surface area contributed by atoms with Gasteiger partial charge in [0, 0.05) is 31.6 Å². The van der Waals surface area contributed by atoms with Gasteiger partial charge < -0.3 is 19.7 Å². The number of hydrazone groups is 1. The maximum atomic E-state index is 5.54. The highest BCUT2D eigenvalue weighted by atomic mass is 32.1. The Kier molecular flexibility index (Phi) is 8.28. The Bertz CT molecular complexity index is 630. The predicted octanol–water partition coefficient (Wildman–Crippen LogP) is 1.10. The Morgan fingerprint density at radius 3 is 2.69 bits per heavy atom. The van der Waals surface area contributed by atoms with E-state index in [9.17, 15) is 0 Å². The third-order valence-corrected chi connectivity index (χ3v) is 4.78. The molecule has 26 heavy (non-hydrogen) atoms. The topological polar surface area (TPSA) is 59.3 Å². The van der Waals surface area contributed by atoms with Gasteiger partial charge in [0.05, 0.1) is 32.5 Å². The van der Waals surface area contributed by atoms with Gasteiger partial charge in [-0.1, -0.05) is 0 Å². The summed E-state index contributed by atoms with van der Waals surface area (Å²) in [5, 5.41) is 8.03. The van der Waals surface area contributed by atoms with Crippen molar-refractivity contribution in [1.29, 1.82) is 0 Å². The maximum absolute atomic E-state index is 5.54. The van der Waals surface area contributed by atoms with Crippen LogP contribution in [-0.2, 0) is 11.3 Å². The van der Waals surface area contributed by atoms with Gasteiger partial charge in [-0.25, -0.2) is 0 Å². The van der Waals surface area contributed by atoms with Gasteiger partial charge in [0.15, 0.2) is 5.11 Å². The smallest absolute Gasteiger partial charge is 0.187 e. The van der Waals surface area contributed by atoms with Crippen molar-refractivity contribution in [3.8, 4) is 5.75 Å². The van der Waals surface area contributed by atoms with Gasteiger partial charge in [-0.05, 0) is 49.8 Å². The fraction of sp³-hybridized carbons (Fsp3) is 0.579. The number of quaternary nitrogens is 1. The molecule has 0 amide bonds. The zero-order chi connectivity index (χ0) is 18.9. The lowest BCUT2D eigenvalue weighted by atomic mass is 10.1. The molecule has 0 unspecified atom stereocenters. The second kappa shape index (κ2) is 10.4. The van der Waals surface area contributed by atoms with Crippen molar-refractivity contribution in [2.24, 2.45) is 5.10 Å². The van der Waals surface area contributed by atoms with E-state index in [1.165, 1.54) is 31.5 Å². The summed E-state index contributed by atoms with van der Waals surface area (Å²) in [6.07, 6.45) is 2.63. The number of rotatable bonds is 8. The average Bonchev–Trinajstić information content (AvgIpc) is 3.12. The van der Waals surface area contributed by atoms with E-state index in [0.29, 0.717) is 11.7 Å². The molecule has 0 bridgehead atoms. The molecule has 0 spiro atoms. The first-order chi connectivity index (χ1) is 12.5. The summed E-state index contributed by atoms with van der Waals surface area (Å²) in [7, 11) is 3.40. The van der Waals surface area contributed by atoms with Crippen molar-refractivity contribution in [2.75, 3.05) is 33.9 Å². The highest BCUT2D eigenvalue weighted by Crippen LogP contribution is 2.20. The normalized spacial score (nSPS) is 16.4. The van der Waals surface area contributed by atoms with Gasteiger partial charge in [-0.15, -0.1) is 0 Å². The van der Waals surface area contributed by atoms with Crippen LogP contribution in [0.4, 0.5) is 0 Å². The fourth-order valence-corrected chi connectivity index (χ4v) is 3.46. The van der Waals surface area contributed by atoms with Crippen molar-refractivity contribution in [1.82, 2.24) is 10.7 Å². The van der Waals surface area contributed by atoms with Crippen LogP contribution in [0, 0.1) is 0 Å². The summed E-state index contributed by atoms with van der Waals surface area (Å²) in [6, 6.07) is 6.36. The Hall–Kier alpha value is -1.70. The number of benzene rings is 1. The molecule has 1 aromatic carbocycles. The molecule has 0 aliphatic carbocycles. The first-order valence-corrected chi connectivity index (χ1v) is 9.55. The summed E-state index contributed by atoms with van der Waals surface area (Å²) in [5.74, 6) is 0.944. The molecule has 0 radical (unpaired) electrons. The third kappa shape index (κ3) is 6.23. The van der Waals surface area contributed by atoms with Gasteiger partial charge in [0.25, 0.3) is 0 Å². The van der Waals surface area contributed by atoms with E-state index in [-0.39, 0.29) is 6.04 Å². The van der Waals surface area contributed by atoms with Gasteiger partial charge >= 0.3 is 0 Å². The number of thiocarbonyl (C=S) groups is 1. The van der Waals surface area contributed by atoms with Crippen molar-refractivity contribution >= 4 is 23.0 Å². The Labute approximate surface area is 161 Å². The summed E-state index contributed by atoms with van der Waals surface area (Å²) < 4.78 is 10.6. The Morgan fingerprint density at radius 2 is 2.04 bits per heavy atom. The second-order valence-electron chi connectivity index (χ2n) is 6.80. The van der Waals surface area contributed by atoms with E-state index < -0.39 is 0 Å². The second-order valence-corrected chi connectivity index (χ2v) is 7.21. The molecular formula is C19H31N4O2S+. The fourth-order valence-electron chi connectivity index (χ4n) is 3.21. The van der Waals surface area contributed by atoms with Gasteiger partial charge in [-0.3, -0.25) is 5.43 Å². The molecule has 0 saturated carbocycles. The average molecular weight is 380 g/mol. The van der Waals surface area contributed by atoms with Gasteiger partial charge in [-0.2, -0.15) is 5.10 Å². The van der Waals surface area contributed by atoms with E-state index >= 15 is 0 Å². The lowest BCUT2D eigenvalue weighted by molar-refractivity contribution is -0.901. The first-order valence-electron chi connectivity index (χ1n) is 9.14. The molecule has 0 aromatic heterocycles. The molecule has 1 fully saturated rings. The molecule has 2 rings (SSSR count). The van der Waals surface area contributed by atoms with Gasteiger partial charge in [0.1, 0.15) is 12.3 Å². The molecule has 144 valence electrons. The molecular weight excluding hydrogens is 348 g/mol. The Morgan fingerprint density at radius 1 is 1.31 bits per heavy atom. The highest BCUT2D eigenvalue weighted by molar-refractivity contribution is 7.80. The monoisotopic (exact) mass is 379 g/mol. The quantitative estimate of drug-likeness (QED) is 0.359. The zero-order valence-electron chi connectivity index (χ0n) is 16.2. The molecule has 1 heterocycles. The van der Waals surface area contributed by atoms with Crippen molar-refractivity contribution in [2.45, 2.75) is 39.3 Å². The van der Waals surface area contributed by atoms with E-state index in [1.54, 1.807) is 19.1 Å². The minimum atomic E-state index is 0.131. The predicted molar refractivity (Wildman–Crippen MR) is 109 cm³/mol. The summed E-state index contributed by atoms with van der Waals surface area (Å²) in [6.45, 7) is 8.04. The maximum Gasteiger partial charge on any atom is 0.187 e. The van der Waals surface area contributed by atoms with Crippen molar-refractivity contribution in [3.05, 3.63) is 29.3 Å². The van der Waals surface area contributed by atoms with Crippen LogP contribution in [-0.4, -0.2) is 50.8 Å². The summed E-state index contributed by atoms with van der Waals surface area (Å²) >= 11 is 5.27. The van der Waals surface area contributed by atoms with Crippen molar-refractivity contribution < 1.29 is 14.4 Å². The van der Waals surface area contributed by atoms with Gasteiger partial charge in [0.2, 0.25) is 0 Å². The molecule has 7 heteroatoms. The minimum absolute atomic E-state index is 0.131. The van der Waals surface area contributed by atoms with E-state index in [0.717, 1.165) is 23.6 Å². The van der Waals surface area contributed by atoms with Crippen LogP contribution in [0.1, 0.15) is 37.8 Å². The largest absolute Gasteiger partial charge is 0.496 e. The van der Waals surface area contributed by atoms with Crippen LogP contribution in [0.25, 0.3) is 0 Å². The Balaban J connectivity index is 2.02. The molecule has 1 atom stereocenters. The van der Waals surface area contributed by atoms with Crippen molar-refractivity contribution in [3.63, 3.8) is 0 Å². The lowest BCUT2D eigenvalue weighted by Gasteiger charge is -2.16. The van der Waals surface area contributed by atoms with Crippen LogP contribution in [0.15, 0.2) is 23.3 Å². The SMILES string of the molecule is COC[C@H](C)NC(=S)N/N=C(/C)c1ccc(OC)c(C[NH+]2CCCC2)c1. The van der Waals surface area contributed by atoms with Crippen LogP contribution in [0.5, 0.6) is 5.75 Å². The standard InChI is InChI=1S/C19H30N4O2S/c1-14(13-24-3)20-19(26)22-21-15(2)16-7-8-18(25-4)17(11-16)12-23-9-5-6-10-23/h7-8,11,14H,5-6,9-10,12-13H2,1-4H3,(H2,20,22,26)/p+1/b21-15-/t14-/m0/s1. The number of hydrogen-bond donors (Lipinski definition) is 3. The summed E-state index contributed by atoms with van der Waals surface area (Å²) in [4.78, 5) is 1.62. The molecule has 1 aliphatic heterocycles. The van der Waals surface area contributed by atoms with Crippen LogP contribution >= 0.6 is 12.2 Å². The van der Waals surface area contributed by atoms with Crippen LogP contribution < -0.4 is 20.4 Å². The van der Waals surface area contributed by atoms with E-state index in [2.05, 4.69) is 21.9 Å². The summed E-state index contributed by atoms with van der Waals surface area (Å²) in [5.41, 5.74) is 6.09. The number of nitrogens with zero attached hydrogens (tertiary/aromatic N) is 1. The van der Waals surface area contributed by atoms with Crippen LogP contribution in [0.2, 0.25) is 0 Å². The number of methoxy groups -OCH3 is 2. The number of hydrogen-bond acceptors (Lipinski definition) is 4. The lowest BCUT2D eigenvalue weighted by Crippen LogP contribution is -3.08. The number of nitrogens with one attached hydrogen (secondary N) is 3. The first kappa shape index (κ1) is 20.6. The van der Waals surface area contributed by atoms with Crippen LogP contribution in [0.3, 0.4) is 0 Å². The number of ether oxygens (including phenoxy) is 2. The number of likely N-dealkylation sites (tertiary alicyclic amines) is 1. The molecule has 3 N–H and O–H groups in total. The molecule has 1 aromatic rings. The molecule has 6 nitrogen and oxygen atoms in total. The highest BCUT2D eigenvalue weighted by Gasteiger charge is 2.18. The molecule has 1 aliphatic rings. The zero-order valence-corrected chi connectivity index (χ0v) is 17.0. The van der Waals surface area contributed by atoms with E-state index in [4.69, 9.17) is 21.7 Å². The minimum Gasteiger partial charge on any atom is -0.496 e.